The molecule has 2 amide bonds. The van der Waals surface area contributed by atoms with Crippen molar-refractivity contribution < 1.29 is 9.59 Å². The van der Waals surface area contributed by atoms with Gasteiger partial charge in [-0.1, -0.05) is 6.07 Å². The molecule has 110 valence electrons. The monoisotopic (exact) mass is 287 g/mol. The number of nitrogens with zero attached hydrogens (tertiary/aromatic N) is 2. The molecule has 2 aromatic rings. The predicted molar refractivity (Wildman–Crippen MR) is 79.0 cm³/mol. The Balaban J connectivity index is 1.99. The Morgan fingerprint density at radius 3 is 2.86 bits per heavy atom. The van der Waals surface area contributed by atoms with Crippen molar-refractivity contribution in [2.45, 2.75) is 6.42 Å². The second-order valence-electron chi connectivity index (χ2n) is 4.42. The number of amides is 2. The third kappa shape index (κ3) is 3.82. The summed E-state index contributed by atoms with van der Waals surface area (Å²) in [5, 5.41) is 9.32. The molecule has 2 rings (SSSR count). The van der Waals surface area contributed by atoms with Crippen LogP contribution in [0, 0.1) is 0 Å². The average molecular weight is 287 g/mol. The first-order valence-electron chi connectivity index (χ1n) is 6.50. The van der Waals surface area contributed by atoms with Crippen LogP contribution in [-0.4, -0.2) is 35.2 Å². The number of carbonyl (C=O) groups is 2. The quantitative estimate of drug-likeness (QED) is 0.689. The number of aromatic nitrogens is 2. The standard InChI is InChI=1S/C14H17N5O2/c1-16-13(20)5-7-17-14(21)12-6-8-19(18-12)11-4-2-3-10(15)9-11/h2-4,6,8-9H,5,7,15H2,1H3,(H,16,20)(H,17,21). The summed E-state index contributed by atoms with van der Waals surface area (Å²) in [6, 6.07) is 8.81. The lowest BCUT2D eigenvalue weighted by atomic mass is 10.3. The number of rotatable bonds is 5. The van der Waals surface area contributed by atoms with Gasteiger partial charge >= 0.3 is 0 Å². The third-order valence-corrected chi connectivity index (χ3v) is 2.87. The Kier molecular flexibility index (Phi) is 4.55. The van der Waals surface area contributed by atoms with Gasteiger partial charge in [-0.25, -0.2) is 4.68 Å². The minimum absolute atomic E-state index is 0.124. The molecule has 21 heavy (non-hydrogen) atoms. The predicted octanol–water partition coefficient (Wildman–Crippen LogP) is 0.320. The first kappa shape index (κ1) is 14.6. The van der Waals surface area contributed by atoms with Gasteiger partial charge in [0.1, 0.15) is 0 Å². The van der Waals surface area contributed by atoms with Crippen LogP contribution in [-0.2, 0) is 4.79 Å². The maximum absolute atomic E-state index is 11.9. The highest BCUT2D eigenvalue weighted by molar-refractivity contribution is 5.92. The normalized spacial score (nSPS) is 10.1. The van der Waals surface area contributed by atoms with E-state index in [2.05, 4.69) is 15.7 Å². The summed E-state index contributed by atoms with van der Waals surface area (Å²) < 4.78 is 1.57. The molecule has 0 unspecified atom stereocenters. The van der Waals surface area contributed by atoms with Crippen LogP contribution in [0.2, 0.25) is 0 Å². The van der Waals surface area contributed by atoms with E-state index in [-0.39, 0.29) is 30.5 Å². The SMILES string of the molecule is CNC(=O)CCNC(=O)c1ccn(-c2cccc(N)c2)n1. The van der Waals surface area contributed by atoms with E-state index < -0.39 is 0 Å². The van der Waals surface area contributed by atoms with Crippen molar-refractivity contribution in [2.24, 2.45) is 0 Å². The first-order chi connectivity index (χ1) is 10.1. The number of carbonyl (C=O) groups excluding carboxylic acids is 2. The molecule has 0 saturated heterocycles. The van der Waals surface area contributed by atoms with Crippen LogP contribution in [0.25, 0.3) is 5.69 Å². The number of nitrogen functional groups attached to an aromatic ring is 1. The van der Waals surface area contributed by atoms with Gasteiger partial charge in [0.05, 0.1) is 5.69 Å². The van der Waals surface area contributed by atoms with Crippen molar-refractivity contribution in [2.75, 3.05) is 19.3 Å². The van der Waals surface area contributed by atoms with Crippen molar-refractivity contribution >= 4 is 17.5 Å². The molecule has 1 aromatic heterocycles. The molecule has 7 heteroatoms. The summed E-state index contributed by atoms with van der Waals surface area (Å²) in [5.74, 6) is -0.442. The molecular formula is C14H17N5O2. The molecule has 0 radical (unpaired) electrons. The lowest BCUT2D eigenvalue weighted by molar-refractivity contribution is -0.120. The smallest absolute Gasteiger partial charge is 0.271 e. The van der Waals surface area contributed by atoms with E-state index in [1.807, 2.05) is 12.1 Å². The number of nitrogens with one attached hydrogen (secondary N) is 2. The minimum atomic E-state index is -0.318. The van der Waals surface area contributed by atoms with Crippen molar-refractivity contribution in [3.05, 3.63) is 42.2 Å². The molecule has 0 bridgehead atoms. The second-order valence-corrected chi connectivity index (χ2v) is 4.42. The second kappa shape index (κ2) is 6.56. The molecule has 0 aliphatic heterocycles. The highest BCUT2D eigenvalue weighted by atomic mass is 16.2. The van der Waals surface area contributed by atoms with E-state index in [1.165, 1.54) is 0 Å². The van der Waals surface area contributed by atoms with Crippen molar-refractivity contribution in [3.63, 3.8) is 0 Å². The van der Waals surface area contributed by atoms with Crippen molar-refractivity contribution in [1.29, 1.82) is 0 Å². The number of benzene rings is 1. The number of nitrogens with two attached hydrogens (primary N) is 1. The van der Waals surface area contributed by atoms with Crippen LogP contribution in [0.15, 0.2) is 36.5 Å². The fourth-order valence-electron chi connectivity index (χ4n) is 1.76. The summed E-state index contributed by atoms with van der Waals surface area (Å²) in [5.41, 5.74) is 7.40. The molecule has 0 aliphatic rings. The molecule has 0 atom stereocenters. The summed E-state index contributed by atoms with van der Waals surface area (Å²) in [6.07, 6.45) is 1.92. The van der Waals surface area contributed by atoms with Gasteiger partial charge in [0.15, 0.2) is 5.69 Å². The van der Waals surface area contributed by atoms with Gasteiger partial charge in [-0.3, -0.25) is 9.59 Å². The first-order valence-corrected chi connectivity index (χ1v) is 6.50. The van der Waals surface area contributed by atoms with Crippen LogP contribution in [0.3, 0.4) is 0 Å². The summed E-state index contributed by atoms with van der Waals surface area (Å²) >= 11 is 0. The lowest BCUT2D eigenvalue weighted by Gasteiger charge is -2.03. The maximum Gasteiger partial charge on any atom is 0.271 e. The number of anilines is 1. The molecule has 7 nitrogen and oxygen atoms in total. The van der Waals surface area contributed by atoms with E-state index in [9.17, 15) is 9.59 Å². The fourth-order valence-corrected chi connectivity index (χ4v) is 1.76. The molecule has 4 N–H and O–H groups in total. The zero-order chi connectivity index (χ0) is 15.2. The molecule has 1 heterocycles. The molecular weight excluding hydrogens is 270 g/mol. The van der Waals surface area contributed by atoms with Gasteiger partial charge in [0, 0.05) is 31.9 Å². The van der Waals surface area contributed by atoms with Crippen molar-refractivity contribution in [1.82, 2.24) is 20.4 Å². The van der Waals surface area contributed by atoms with Crippen LogP contribution in [0.1, 0.15) is 16.9 Å². The Bertz CT molecular complexity index is 650. The van der Waals surface area contributed by atoms with Gasteiger partial charge in [-0.05, 0) is 24.3 Å². The van der Waals surface area contributed by atoms with Crippen LogP contribution in [0.5, 0.6) is 0 Å². The van der Waals surface area contributed by atoms with E-state index in [0.29, 0.717) is 5.69 Å². The van der Waals surface area contributed by atoms with Gasteiger partial charge in [-0.2, -0.15) is 5.10 Å². The summed E-state index contributed by atoms with van der Waals surface area (Å²) in [4.78, 5) is 22.9. The molecule has 0 aliphatic carbocycles. The van der Waals surface area contributed by atoms with Crippen LogP contribution in [0.4, 0.5) is 5.69 Å². The summed E-state index contributed by atoms with van der Waals surface area (Å²) in [6.45, 7) is 0.268. The van der Waals surface area contributed by atoms with Gasteiger partial charge in [0.2, 0.25) is 5.91 Å². The molecule has 0 saturated carbocycles. The lowest BCUT2D eigenvalue weighted by Crippen LogP contribution is -2.29. The van der Waals surface area contributed by atoms with E-state index >= 15 is 0 Å². The summed E-state index contributed by atoms with van der Waals surface area (Å²) in [7, 11) is 1.55. The highest BCUT2D eigenvalue weighted by Gasteiger charge is 2.10. The van der Waals surface area contributed by atoms with Crippen LogP contribution >= 0.6 is 0 Å². The van der Waals surface area contributed by atoms with Crippen LogP contribution < -0.4 is 16.4 Å². The average Bonchev–Trinajstić information content (AvgIpc) is 2.97. The minimum Gasteiger partial charge on any atom is -0.399 e. The van der Waals surface area contributed by atoms with E-state index in [1.54, 1.807) is 36.1 Å². The van der Waals surface area contributed by atoms with E-state index in [0.717, 1.165) is 5.69 Å². The van der Waals surface area contributed by atoms with Crippen molar-refractivity contribution in [3.8, 4) is 5.69 Å². The Labute approximate surface area is 122 Å². The Morgan fingerprint density at radius 2 is 2.14 bits per heavy atom. The highest BCUT2D eigenvalue weighted by Crippen LogP contribution is 2.11. The van der Waals surface area contributed by atoms with Gasteiger partial charge in [0.25, 0.3) is 5.91 Å². The maximum atomic E-state index is 11.9. The fraction of sp³-hybridized carbons (Fsp3) is 0.214. The zero-order valence-corrected chi connectivity index (χ0v) is 11.7. The topological polar surface area (TPSA) is 102 Å². The largest absolute Gasteiger partial charge is 0.399 e. The van der Waals surface area contributed by atoms with Gasteiger partial charge in [-0.15, -0.1) is 0 Å². The zero-order valence-electron chi connectivity index (χ0n) is 11.7. The Hall–Kier alpha value is -2.83. The molecule has 0 fully saturated rings. The molecule has 1 aromatic carbocycles. The number of hydrogen-bond donors (Lipinski definition) is 3. The number of hydrogen-bond acceptors (Lipinski definition) is 4. The third-order valence-electron chi connectivity index (χ3n) is 2.87. The van der Waals surface area contributed by atoms with Gasteiger partial charge < -0.3 is 16.4 Å². The van der Waals surface area contributed by atoms with E-state index in [4.69, 9.17) is 5.73 Å². The molecule has 0 spiro atoms. The Morgan fingerprint density at radius 1 is 1.33 bits per heavy atom.